The third-order valence-electron chi connectivity index (χ3n) is 4.33. The van der Waals surface area contributed by atoms with Gasteiger partial charge in [0.05, 0.1) is 15.7 Å². The van der Waals surface area contributed by atoms with Crippen LogP contribution < -0.4 is 10.6 Å². The Morgan fingerprint density at radius 2 is 2.07 bits per heavy atom. The van der Waals surface area contributed by atoms with E-state index in [4.69, 9.17) is 0 Å². The fourth-order valence-corrected chi connectivity index (χ4v) is 3.55. The molecule has 138 valence electrons. The van der Waals surface area contributed by atoms with Crippen molar-refractivity contribution in [1.29, 1.82) is 0 Å². The Morgan fingerprint density at radius 1 is 1.22 bits per heavy atom. The molecule has 3 rings (SSSR count). The monoisotopic (exact) mass is 376 g/mol. The lowest BCUT2D eigenvalue weighted by molar-refractivity contribution is 0.864. The number of rotatable bonds is 5. The number of thiazole rings is 1. The molecule has 27 heavy (non-hydrogen) atoms. The van der Waals surface area contributed by atoms with Gasteiger partial charge in [-0.1, -0.05) is 36.4 Å². The van der Waals surface area contributed by atoms with Gasteiger partial charge in [0.1, 0.15) is 0 Å². The first-order valence-electron chi connectivity index (χ1n) is 8.80. The van der Waals surface area contributed by atoms with E-state index in [1.54, 1.807) is 24.5 Å². The van der Waals surface area contributed by atoms with Gasteiger partial charge in [-0.3, -0.25) is 4.99 Å². The van der Waals surface area contributed by atoms with Gasteiger partial charge in [0, 0.05) is 19.3 Å². The van der Waals surface area contributed by atoms with Gasteiger partial charge < -0.3 is 10.6 Å². The summed E-state index contributed by atoms with van der Waals surface area (Å²) in [6, 6.07) is 12.7. The number of aryl methyl sites for hydroxylation is 2. The van der Waals surface area contributed by atoms with Crippen LogP contribution in [0.2, 0.25) is 0 Å². The molecule has 2 N–H and O–H groups in total. The average Bonchev–Trinajstić information content (AvgIpc) is 3.13. The zero-order chi connectivity index (χ0) is 19.2. The van der Waals surface area contributed by atoms with Crippen LogP contribution in [0.1, 0.15) is 22.3 Å². The summed E-state index contributed by atoms with van der Waals surface area (Å²) in [5.74, 6) is 0.708. The lowest BCUT2D eigenvalue weighted by atomic mass is 10.1. The molecule has 1 heterocycles. The van der Waals surface area contributed by atoms with Crippen molar-refractivity contribution < 1.29 is 0 Å². The summed E-state index contributed by atoms with van der Waals surface area (Å²) in [7, 11) is 1.77. The molecule has 4 nitrogen and oxygen atoms in total. The maximum absolute atomic E-state index is 4.32. The minimum atomic E-state index is 0.708. The van der Waals surface area contributed by atoms with Crippen molar-refractivity contribution >= 4 is 33.6 Å². The van der Waals surface area contributed by atoms with Gasteiger partial charge in [-0.25, -0.2) is 4.98 Å². The van der Waals surface area contributed by atoms with E-state index in [-0.39, 0.29) is 0 Å². The predicted molar refractivity (Wildman–Crippen MR) is 117 cm³/mol. The highest BCUT2D eigenvalue weighted by Crippen LogP contribution is 2.20. The number of benzene rings is 2. The van der Waals surface area contributed by atoms with Crippen LogP contribution in [0.15, 0.2) is 65.3 Å². The number of hydrogen-bond acceptors (Lipinski definition) is 3. The molecule has 0 saturated carbocycles. The highest BCUT2D eigenvalue weighted by molar-refractivity contribution is 7.16. The summed E-state index contributed by atoms with van der Waals surface area (Å²) in [4.78, 5) is 8.64. The van der Waals surface area contributed by atoms with Crippen LogP contribution in [0, 0.1) is 13.8 Å². The summed E-state index contributed by atoms with van der Waals surface area (Å²) < 4.78 is 1.17. The molecule has 0 spiro atoms. The molecule has 0 aliphatic heterocycles. The van der Waals surface area contributed by atoms with Gasteiger partial charge >= 0.3 is 0 Å². The quantitative estimate of drug-likeness (QED) is 0.382. The molecular weight excluding hydrogens is 352 g/mol. The fraction of sp³-hybridized carbons (Fsp3) is 0.182. The van der Waals surface area contributed by atoms with Crippen molar-refractivity contribution in [3.63, 3.8) is 0 Å². The normalized spacial score (nSPS) is 12.3. The third-order valence-corrected chi connectivity index (χ3v) is 5.12. The summed E-state index contributed by atoms with van der Waals surface area (Å²) in [6.07, 6.45) is 3.84. The van der Waals surface area contributed by atoms with Crippen LogP contribution in [0.4, 0.5) is 0 Å². The molecule has 0 unspecified atom stereocenters. The van der Waals surface area contributed by atoms with E-state index in [1.807, 2.05) is 11.6 Å². The van der Waals surface area contributed by atoms with Crippen molar-refractivity contribution in [2.24, 2.45) is 4.99 Å². The largest absolute Gasteiger partial charge is 0.352 e. The van der Waals surface area contributed by atoms with Crippen molar-refractivity contribution in [3.05, 3.63) is 82.5 Å². The Bertz CT molecular complexity index is 1010. The van der Waals surface area contributed by atoms with Gasteiger partial charge in [0.2, 0.25) is 0 Å². The lowest BCUT2D eigenvalue weighted by Crippen LogP contribution is -2.36. The van der Waals surface area contributed by atoms with Crippen LogP contribution >= 0.6 is 11.3 Å². The van der Waals surface area contributed by atoms with E-state index < -0.39 is 0 Å². The van der Waals surface area contributed by atoms with E-state index in [0.717, 1.165) is 16.8 Å². The molecule has 0 aliphatic rings. The van der Waals surface area contributed by atoms with Crippen molar-refractivity contribution in [3.8, 4) is 0 Å². The number of allylic oxidation sites excluding steroid dienone is 1. The number of nitrogens with zero attached hydrogens (tertiary/aromatic N) is 2. The molecule has 5 heteroatoms. The van der Waals surface area contributed by atoms with Crippen molar-refractivity contribution in [1.82, 2.24) is 15.6 Å². The molecule has 0 amide bonds. The van der Waals surface area contributed by atoms with Gasteiger partial charge in [0.15, 0.2) is 5.96 Å². The van der Waals surface area contributed by atoms with E-state index in [2.05, 4.69) is 77.4 Å². The Kier molecular flexibility index (Phi) is 6.04. The smallest absolute Gasteiger partial charge is 0.195 e. The van der Waals surface area contributed by atoms with E-state index in [1.165, 1.54) is 21.4 Å². The number of aliphatic imine (C=N–C) groups is 1. The predicted octanol–water partition coefficient (Wildman–Crippen LogP) is 4.81. The average molecular weight is 377 g/mol. The maximum Gasteiger partial charge on any atom is 0.195 e. The molecule has 2 aromatic carbocycles. The molecule has 0 aliphatic carbocycles. The molecule has 1 aromatic heterocycles. The summed E-state index contributed by atoms with van der Waals surface area (Å²) in [5, 5.41) is 6.68. The Labute approximate surface area is 164 Å². The van der Waals surface area contributed by atoms with Crippen LogP contribution in [-0.4, -0.2) is 18.0 Å². The topological polar surface area (TPSA) is 49.3 Å². The molecule has 0 saturated heterocycles. The van der Waals surface area contributed by atoms with Gasteiger partial charge in [0.25, 0.3) is 0 Å². The first-order valence-corrected chi connectivity index (χ1v) is 9.68. The van der Waals surface area contributed by atoms with Gasteiger partial charge in [-0.15, -0.1) is 11.3 Å². The molecule has 0 radical (unpaired) electrons. The van der Waals surface area contributed by atoms with Gasteiger partial charge in [-0.05, 0) is 54.8 Å². The second-order valence-corrected chi connectivity index (χ2v) is 7.25. The highest BCUT2D eigenvalue weighted by atomic mass is 32.1. The highest BCUT2D eigenvalue weighted by Gasteiger charge is 2.04. The van der Waals surface area contributed by atoms with Crippen molar-refractivity contribution in [2.75, 3.05) is 7.05 Å². The van der Waals surface area contributed by atoms with E-state index >= 15 is 0 Å². The fourth-order valence-electron chi connectivity index (χ4n) is 2.83. The molecule has 0 bridgehead atoms. The second-order valence-electron chi connectivity index (χ2n) is 6.36. The standard InChI is InChI=1S/C22H24N4S/c1-5-19(11-17-7-9-20-21(12-17)27-14-25-20)26-22(23-4)24-13-18-8-6-15(2)10-16(18)3/h5-12,14H,1,13H2,2-4H3,(H2,23,24,26)/b19-11-. The number of hydrogen-bond donors (Lipinski definition) is 2. The van der Waals surface area contributed by atoms with Crippen LogP contribution in [0.5, 0.6) is 0 Å². The first-order chi connectivity index (χ1) is 13.1. The number of aromatic nitrogens is 1. The Hall–Kier alpha value is -2.92. The minimum Gasteiger partial charge on any atom is -0.352 e. The SMILES string of the molecule is C=C/C(=C/c1ccc2ncsc2c1)NC(=NC)NCc1ccc(C)cc1C. The van der Waals surface area contributed by atoms with E-state index in [9.17, 15) is 0 Å². The first kappa shape index (κ1) is 18.9. The summed E-state index contributed by atoms with van der Waals surface area (Å²) >= 11 is 1.64. The van der Waals surface area contributed by atoms with E-state index in [0.29, 0.717) is 12.5 Å². The van der Waals surface area contributed by atoms with Crippen molar-refractivity contribution in [2.45, 2.75) is 20.4 Å². The third kappa shape index (κ3) is 4.83. The summed E-state index contributed by atoms with van der Waals surface area (Å²) in [5.41, 5.74) is 8.67. The summed E-state index contributed by atoms with van der Waals surface area (Å²) in [6.45, 7) is 8.86. The Morgan fingerprint density at radius 3 is 2.81 bits per heavy atom. The Balaban J connectivity index is 1.70. The maximum atomic E-state index is 4.32. The second kappa shape index (κ2) is 8.64. The van der Waals surface area contributed by atoms with Crippen LogP contribution in [0.3, 0.4) is 0 Å². The molecule has 0 fully saturated rings. The van der Waals surface area contributed by atoms with Gasteiger partial charge in [-0.2, -0.15) is 0 Å². The van der Waals surface area contributed by atoms with Crippen LogP contribution in [0.25, 0.3) is 16.3 Å². The number of fused-ring (bicyclic) bond motifs is 1. The lowest BCUT2D eigenvalue weighted by Gasteiger charge is -2.14. The molecule has 3 aromatic rings. The molecular formula is C22H24N4S. The zero-order valence-corrected chi connectivity index (χ0v) is 16.7. The zero-order valence-electron chi connectivity index (χ0n) is 15.9. The minimum absolute atomic E-state index is 0.708. The number of guanidine groups is 1. The molecule has 0 atom stereocenters. The number of nitrogens with one attached hydrogen (secondary N) is 2. The van der Waals surface area contributed by atoms with Crippen LogP contribution in [-0.2, 0) is 6.54 Å².